The molecule has 0 aromatic heterocycles. The van der Waals surface area contributed by atoms with E-state index in [0.717, 1.165) is 13.1 Å². The molecule has 1 saturated heterocycles. The van der Waals surface area contributed by atoms with E-state index < -0.39 is 5.97 Å². The van der Waals surface area contributed by atoms with Crippen LogP contribution in [0.25, 0.3) is 0 Å². The molecule has 0 spiro atoms. The van der Waals surface area contributed by atoms with Crippen molar-refractivity contribution >= 4 is 12.0 Å². The van der Waals surface area contributed by atoms with Gasteiger partial charge in [-0.15, -0.1) is 0 Å². The molecule has 3 unspecified atom stereocenters. The van der Waals surface area contributed by atoms with Gasteiger partial charge in [-0.25, -0.2) is 4.79 Å². The van der Waals surface area contributed by atoms with Crippen LogP contribution in [0.3, 0.4) is 0 Å². The highest BCUT2D eigenvalue weighted by molar-refractivity contribution is 5.74. The number of urea groups is 1. The molecule has 0 radical (unpaired) electrons. The van der Waals surface area contributed by atoms with Gasteiger partial charge in [0.1, 0.15) is 0 Å². The van der Waals surface area contributed by atoms with Crippen molar-refractivity contribution in [2.45, 2.75) is 45.7 Å². The van der Waals surface area contributed by atoms with Crippen molar-refractivity contribution in [3.63, 3.8) is 0 Å². The predicted molar refractivity (Wildman–Crippen MR) is 77.7 cm³/mol. The van der Waals surface area contributed by atoms with E-state index in [0.29, 0.717) is 25.0 Å². The van der Waals surface area contributed by atoms with Gasteiger partial charge in [0.15, 0.2) is 0 Å². The maximum atomic E-state index is 12.1. The summed E-state index contributed by atoms with van der Waals surface area (Å²) < 4.78 is 0. The van der Waals surface area contributed by atoms with Gasteiger partial charge in [-0.05, 0) is 33.2 Å². The highest BCUT2D eigenvalue weighted by Gasteiger charge is 2.29. The molecular weight excluding hydrogens is 258 g/mol. The van der Waals surface area contributed by atoms with E-state index in [1.54, 1.807) is 0 Å². The third kappa shape index (κ3) is 5.00. The van der Waals surface area contributed by atoms with Crippen LogP contribution >= 0.6 is 0 Å². The Morgan fingerprint density at radius 3 is 2.35 bits per heavy atom. The summed E-state index contributed by atoms with van der Waals surface area (Å²) in [5.74, 6) is -0.609. The minimum Gasteiger partial charge on any atom is -0.481 e. The fourth-order valence-corrected chi connectivity index (χ4v) is 2.42. The lowest BCUT2D eigenvalue weighted by molar-refractivity contribution is -0.137. The molecule has 0 saturated carbocycles. The summed E-state index contributed by atoms with van der Waals surface area (Å²) in [6, 6.07) is 0.668. The van der Waals surface area contributed by atoms with Gasteiger partial charge < -0.3 is 15.3 Å². The van der Waals surface area contributed by atoms with Gasteiger partial charge in [-0.2, -0.15) is 0 Å². The molecule has 1 aliphatic heterocycles. The molecule has 6 nitrogen and oxygen atoms in total. The van der Waals surface area contributed by atoms with Gasteiger partial charge in [-0.1, -0.05) is 6.92 Å². The number of nitrogens with zero attached hydrogens (tertiary/aromatic N) is 2. The van der Waals surface area contributed by atoms with Crippen molar-refractivity contribution in [3.05, 3.63) is 0 Å². The molecule has 0 bridgehead atoms. The summed E-state index contributed by atoms with van der Waals surface area (Å²) >= 11 is 0. The first-order valence-electron chi connectivity index (χ1n) is 7.27. The Bertz CT molecular complexity index is 337. The minimum atomic E-state index is -0.787. The van der Waals surface area contributed by atoms with Crippen LogP contribution in [0.5, 0.6) is 0 Å². The number of carboxylic acids is 1. The van der Waals surface area contributed by atoms with Gasteiger partial charge >= 0.3 is 12.0 Å². The van der Waals surface area contributed by atoms with Gasteiger partial charge in [0.05, 0.1) is 0 Å². The quantitative estimate of drug-likeness (QED) is 0.796. The second-order valence-corrected chi connectivity index (χ2v) is 5.99. The summed E-state index contributed by atoms with van der Waals surface area (Å²) in [7, 11) is 2.08. The zero-order valence-corrected chi connectivity index (χ0v) is 12.9. The number of hydrogen-bond acceptors (Lipinski definition) is 3. The predicted octanol–water partition coefficient (Wildman–Crippen LogP) is 1.22. The van der Waals surface area contributed by atoms with Crippen LogP contribution < -0.4 is 5.32 Å². The number of carbonyl (C=O) groups excluding carboxylic acids is 1. The zero-order chi connectivity index (χ0) is 15.3. The molecule has 1 fully saturated rings. The van der Waals surface area contributed by atoms with Crippen molar-refractivity contribution in [1.29, 1.82) is 0 Å². The first kappa shape index (κ1) is 16.8. The number of likely N-dealkylation sites (N-methyl/N-ethyl adjacent to an activating group) is 1. The minimum absolute atomic E-state index is 0.0426. The topological polar surface area (TPSA) is 72.9 Å². The van der Waals surface area contributed by atoms with E-state index in [1.807, 2.05) is 11.8 Å². The van der Waals surface area contributed by atoms with Crippen LogP contribution in [0.2, 0.25) is 0 Å². The molecule has 0 aromatic carbocycles. The normalized spacial score (nSPS) is 25.3. The summed E-state index contributed by atoms with van der Waals surface area (Å²) in [4.78, 5) is 26.7. The number of nitrogens with one attached hydrogen (secondary N) is 1. The van der Waals surface area contributed by atoms with Crippen molar-refractivity contribution in [2.75, 3.05) is 26.7 Å². The van der Waals surface area contributed by atoms with Crippen molar-refractivity contribution in [3.8, 4) is 0 Å². The molecular formula is C14H27N3O3. The van der Waals surface area contributed by atoms with Gasteiger partial charge in [0.2, 0.25) is 0 Å². The molecule has 1 rings (SSSR count). The Morgan fingerprint density at radius 2 is 1.85 bits per heavy atom. The maximum absolute atomic E-state index is 12.1. The molecule has 1 aliphatic rings. The lowest BCUT2D eigenvalue weighted by Gasteiger charge is -2.42. The average molecular weight is 285 g/mol. The molecule has 0 aromatic rings. The first-order valence-corrected chi connectivity index (χ1v) is 7.27. The monoisotopic (exact) mass is 285 g/mol. The van der Waals surface area contributed by atoms with Crippen LogP contribution in [0, 0.1) is 5.92 Å². The average Bonchev–Trinajstić information content (AvgIpc) is 2.39. The number of carbonyl (C=O) groups is 2. The van der Waals surface area contributed by atoms with Gasteiger partial charge in [0.25, 0.3) is 0 Å². The number of hydrogen-bond donors (Lipinski definition) is 2. The Labute approximate surface area is 121 Å². The lowest BCUT2D eigenvalue weighted by atomic mass is 10.1. The number of piperazine rings is 1. The number of rotatable bonds is 5. The van der Waals surface area contributed by atoms with E-state index in [1.165, 1.54) is 0 Å². The lowest BCUT2D eigenvalue weighted by Crippen LogP contribution is -2.58. The second kappa shape index (κ2) is 7.47. The molecule has 20 heavy (non-hydrogen) atoms. The van der Waals surface area contributed by atoms with Crippen LogP contribution in [0.15, 0.2) is 0 Å². The maximum Gasteiger partial charge on any atom is 0.317 e. The van der Waals surface area contributed by atoms with E-state index in [4.69, 9.17) is 5.11 Å². The smallest absolute Gasteiger partial charge is 0.317 e. The van der Waals surface area contributed by atoms with Crippen molar-refractivity contribution in [2.24, 2.45) is 5.92 Å². The Morgan fingerprint density at radius 1 is 1.30 bits per heavy atom. The fourth-order valence-electron chi connectivity index (χ4n) is 2.42. The largest absolute Gasteiger partial charge is 0.481 e. The molecule has 2 N–H and O–H groups in total. The number of carboxylic acid groups (broad SMARTS) is 1. The van der Waals surface area contributed by atoms with E-state index in [-0.39, 0.29) is 18.4 Å². The van der Waals surface area contributed by atoms with Gasteiger partial charge in [0, 0.05) is 38.1 Å². The third-order valence-corrected chi connectivity index (χ3v) is 4.10. The highest BCUT2D eigenvalue weighted by Crippen LogP contribution is 2.13. The van der Waals surface area contributed by atoms with Crippen molar-refractivity contribution in [1.82, 2.24) is 15.1 Å². The molecule has 2 amide bonds. The van der Waals surface area contributed by atoms with Crippen LogP contribution in [-0.4, -0.2) is 65.7 Å². The third-order valence-electron chi connectivity index (χ3n) is 4.10. The van der Waals surface area contributed by atoms with Gasteiger partial charge in [-0.3, -0.25) is 9.69 Å². The molecule has 6 heteroatoms. The van der Waals surface area contributed by atoms with Crippen LogP contribution in [0.4, 0.5) is 4.79 Å². The highest BCUT2D eigenvalue weighted by atomic mass is 16.4. The van der Waals surface area contributed by atoms with Crippen LogP contribution in [-0.2, 0) is 4.79 Å². The Hall–Kier alpha value is -1.30. The molecule has 3 atom stereocenters. The Kier molecular flexibility index (Phi) is 6.26. The summed E-state index contributed by atoms with van der Waals surface area (Å²) in [5, 5.41) is 11.5. The SMILES string of the molecule is CC(CCC(=O)O)CNC(=O)N1CC(C)N(C)C(C)C1. The second-order valence-electron chi connectivity index (χ2n) is 5.99. The standard InChI is InChI=1S/C14H27N3O3/c1-10(5-6-13(18)19)7-15-14(20)17-8-11(2)16(4)12(3)9-17/h10-12H,5-9H2,1-4H3,(H,15,20)(H,18,19). The van der Waals surface area contributed by atoms with E-state index in [9.17, 15) is 9.59 Å². The number of amides is 2. The summed E-state index contributed by atoms with van der Waals surface area (Å²) in [5.41, 5.74) is 0. The molecule has 116 valence electrons. The molecule has 0 aliphatic carbocycles. The van der Waals surface area contributed by atoms with E-state index >= 15 is 0 Å². The zero-order valence-electron chi connectivity index (χ0n) is 12.9. The van der Waals surface area contributed by atoms with Crippen molar-refractivity contribution < 1.29 is 14.7 Å². The Balaban J connectivity index is 2.34. The molecule has 1 heterocycles. The van der Waals surface area contributed by atoms with Crippen LogP contribution in [0.1, 0.15) is 33.6 Å². The van der Waals surface area contributed by atoms with E-state index in [2.05, 4.69) is 31.1 Å². The first-order chi connectivity index (χ1) is 9.31. The fraction of sp³-hybridized carbons (Fsp3) is 0.857. The summed E-state index contributed by atoms with van der Waals surface area (Å²) in [6.07, 6.45) is 0.741. The summed E-state index contributed by atoms with van der Waals surface area (Å²) in [6.45, 7) is 8.18. The number of aliphatic carboxylic acids is 1.